The van der Waals surface area contributed by atoms with E-state index in [0.717, 1.165) is 0 Å². The molecule has 0 unspecified atom stereocenters. The molecule has 1 N–H and O–H groups in total. The molecule has 0 heterocycles. The van der Waals surface area contributed by atoms with Crippen LogP contribution in [0.3, 0.4) is 0 Å². The van der Waals surface area contributed by atoms with Gasteiger partial charge in [0.15, 0.2) is 0 Å². The molecular formula is C11H24O4Si. The van der Waals surface area contributed by atoms with E-state index in [9.17, 15) is 5.11 Å². The van der Waals surface area contributed by atoms with Crippen molar-refractivity contribution in [1.29, 1.82) is 0 Å². The number of aliphatic hydroxyl groups is 1. The lowest BCUT2D eigenvalue weighted by molar-refractivity contribution is 0.0823. The minimum atomic E-state index is -2.75. The van der Waals surface area contributed by atoms with E-state index in [2.05, 4.69) is 0 Å². The van der Waals surface area contributed by atoms with Crippen LogP contribution in [-0.4, -0.2) is 39.3 Å². The summed E-state index contributed by atoms with van der Waals surface area (Å²) in [4.78, 5) is 0. The Hall–Kier alpha value is -0.203. The predicted octanol–water partition coefficient (Wildman–Crippen LogP) is 1.90. The molecule has 0 fully saturated rings. The van der Waals surface area contributed by atoms with Crippen molar-refractivity contribution in [1.82, 2.24) is 0 Å². The first kappa shape index (κ1) is 15.8. The Labute approximate surface area is 99.6 Å². The molecule has 96 valence electrons. The zero-order chi connectivity index (χ0) is 12.7. The van der Waals surface area contributed by atoms with E-state index in [0.29, 0.717) is 19.8 Å². The van der Waals surface area contributed by atoms with Crippen molar-refractivity contribution in [3.05, 3.63) is 11.8 Å². The second kappa shape index (κ2) is 7.19. The molecule has 5 heteroatoms. The maximum Gasteiger partial charge on any atom is 0.529 e. The molecule has 0 aromatic carbocycles. The van der Waals surface area contributed by atoms with Crippen molar-refractivity contribution >= 4 is 8.80 Å². The van der Waals surface area contributed by atoms with E-state index in [1.165, 1.54) is 0 Å². The lowest BCUT2D eigenvalue weighted by Crippen LogP contribution is -2.45. The van der Waals surface area contributed by atoms with Gasteiger partial charge < -0.3 is 18.4 Å². The summed E-state index contributed by atoms with van der Waals surface area (Å²) in [5, 5.41) is 9.65. The Bertz CT molecular complexity index is 194. The smallest absolute Gasteiger partial charge is 0.386 e. The van der Waals surface area contributed by atoms with Crippen LogP contribution in [0.1, 0.15) is 34.6 Å². The first-order chi connectivity index (χ1) is 7.39. The maximum absolute atomic E-state index is 9.65. The van der Waals surface area contributed by atoms with Crippen molar-refractivity contribution in [3.8, 4) is 0 Å². The monoisotopic (exact) mass is 248 g/mol. The summed E-state index contributed by atoms with van der Waals surface area (Å²) in [7, 11) is -2.75. The third-order valence-electron chi connectivity index (χ3n) is 1.73. The van der Waals surface area contributed by atoms with Crippen LogP contribution in [0.15, 0.2) is 11.8 Å². The Morgan fingerprint density at radius 3 is 1.62 bits per heavy atom. The highest BCUT2D eigenvalue weighted by molar-refractivity contribution is 6.66. The van der Waals surface area contributed by atoms with Gasteiger partial charge in [-0.3, -0.25) is 0 Å². The summed E-state index contributed by atoms with van der Waals surface area (Å²) in [5.74, 6) is 0. The van der Waals surface area contributed by atoms with Crippen LogP contribution >= 0.6 is 0 Å². The van der Waals surface area contributed by atoms with Gasteiger partial charge >= 0.3 is 8.80 Å². The molecule has 4 nitrogen and oxygen atoms in total. The van der Waals surface area contributed by atoms with Crippen LogP contribution in [0.2, 0.25) is 0 Å². The summed E-state index contributed by atoms with van der Waals surface area (Å²) in [5.41, 5.74) is 0.868. The molecule has 0 atom stereocenters. The molecule has 0 spiro atoms. The van der Waals surface area contributed by atoms with Crippen molar-refractivity contribution in [2.75, 3.05) is 19.8 Å². The number of hydrogen-bond acceptors (Lipinski definition) is 4. The summed E-state index contributed by atoms with van der Waals surface area (Å²) in [6.07, 6.45) is 1.67. The molecule has 0 rings (SSSR count). The van der Waals surface area contributed by atoms with Gasteiger partial charge in [0.05, 0.1) is 5.60 Å². The van der Waals surface area contributed by atoms with Crippen molar-refractivity contribution in [2.24, 2.45) is 0 Å². The third kappa shape index (κ3) is 6.39. The lowest BCUT2D eigenvalue weighted by atomic mass is 10.1. The molecule has 0 aromatic rings. The van der Waals surface area contributed by atoms with Crippen LogP contribution in [0, 0.1) is 0 Å². The number of rotatable bonds is 8. The molecule has 0 aromatic heterocycles. The molecular weight excluding hydrogens is 224 g/mol. The van der Waals surface area contributed by atoms with Gasteiger partial charge in [0, 0.05) is 19.8 Å². The van der Waals surface area contributed by atoms with E-state index >= 15 is 0 Å². The first-order valence-corrected chi connectivity index (χ1v) is 7.54. The van der Waals surface area contributed by atoms with Gasteiger partial charge in [0.25, 0.3) is 0 Å². The quantitative estimate of drug-likeness (QED) is 0.667. The SMILES string of the molecule is CCO[Si](/C=C/C(C)(C)O)(OCC)OCC. The van der Waals surface area contributed by atoms with E-state index < -0.39 is 14.4 Å². The minimum Gasteiger partial charge on any atom is -0.386 e. The number of hydrogen-bond donors (Lipinski definition) is 1. The Balaban J connectivity index is 4.78. The predicted molar refractivity (Wildman–Crippen MR) is 66.1 cm³/mol. The fourth-order valence-corrected chi connectivity index (χ4v) is 3.54. The molecule has 0 amide bonds. The lowest BCUT2D eigenvalue weighted by Gasteiger charge is -2.26. The maximum atomic E-state index is 9.65. The highest BCUT2D eigenvalue weighted by atomic mass is 28.4. The highest BCUT2D eigenvalue weighted by Crippen LogP contribution is 2.14. The van der Waals surface area contributed by atoms with Gasteiger partial charge in [-0.25, -0.2) is 0 Å². The van der Waals surface area contributed by atoms with Gasteiger partial charge in [-0.05, 0) is 40.3 Å². The zero-order valence-corrected chi connectivity index (χ0v) is 11.9. The van der Waals surface area contributed by atoms with E-state index in [4.69, 9.17) is 13.3 Å². The van der Waals surface area contributed by atoms with Gasteiger partial charge in [-0.15, -0.1) is 0 Å². The average molecular weight is 248 g/mol. The van der Waals surface area contributed by atoms with Crippen molar-refractivity contribution in [3.63, 3.8) is 0 Å². The fraction of sp³-hybridized carbons (Fsp3) is 0.818. The Morgan fingerprint density at radius 2 is 1.38 bits per heavy atom. The third-order valence-corrected chi connectivity index (χ3v) is 4.38. The first-order valence-electron chi connectivity index (χ1n) is 5.73. The summed E-state index contributed by atoms with van der Waals surface area (Å²) in [6.45, 7) is 10.7. The molecule has 0 bridgehead atoms. The van der Waals surface area contributed by atoms with Crippen LogP contribution in [-0.2, 0) is 13.3 Å². The van der Waals surface area contributed by atoms with Gasteiger partial charge in [-0.2, -0.15) is 0 Å². The van der Waals surface area contributed by atoms with E-state index in [1.54, 1.807) is 25.6 Å². The summed E-state index contributed by atoms with van der Waals surface area (Å²) in [6, 6.07) is 0. The van der Waals surface area contributed by atoms with Crippen molar-refractivity contribution < 1.29 is 18.4 Å². The minimum absolute atomic E-state index is 0.530. The molecule has 0 aliphatic heterocycles. The Kier molecular flexibility index (Phi) is 7.10. The van der Waals surface area contributed by atoms with Gasteiger partial charge in [0.1, 0.15) is 0 Å². The van der Waals surface area contributed by atoms with Crippen LogP contribution in [0.4, 0.5) is 0 Å². The molecule has 16 heavy (non-hydrogen) atoms. The Morgan fingerprint density at radius 1 is 1.00 bits per heavy atom. The molecule has 0 radical (unpaired) electrons. The molecule has 0 saturated carbocycles. The van der Waals surface area contributed by atoms with E-state index in [-0.39, 0.29) is 0 Å². The summed E-state index contributed by atoms with van der Waals surface area (Å²) < 4.78 is 16.8. The topological polar surface area (TPSA) is 47.9 Å². The molecule has 0 saturated heterocycles. The van der Waals surface area contributed by atoms with Crippen LogP contribution in [0.25, 0.3) is 0 Å². The van der Waals surface area contributed by atoms with Crippen LogP contribution < -0.4 is 0 Å². The average Bonchev–Trinajstić information content (AvgIpc) is 2.15. The zero-order valence-electron chi connectivity index (χ0n) is 10.9. The second-order valence-corrected chi connectivity index (χ2v) is 6.30. The summed E-state index contributed by atoms with van der Waals surface area (Å²) >= 11 is 0. The molecule has 0 aliphatic carbocycles. The standard InChI is InChI=1S/C11H24O4Si/c1-6-13-16(14-7-2,15-8-3)10-9-11(4,5)12/h9-10,12H,6-8H2,1-5H3/b10-9+. The largest absolute Gasteiger partial charge is 0.529 e. The highest BCUT2D eigenvalue weighted by Gasteiger charge is 2.37. The molecule has 0 aliphatic rings. The van der Waals surface area contributed by atoms with Gasteiger partial charge in [0.2, 0.25) is 0 Å². The van der Waals surface area contributed by atoms with Crippen molar-refractivity contribution in [2.45, 2.75) is 40.2 Å². The van der Waals surface area contributed by atoms with Gasteiger partial charge in [-0.1, -0.05) is 6.08 Å². The second-order valence-electron chi connectivity index (χ2n) is 3.89. The van der Waals surface area contributed by atoms with E-state index in [1.807, 2.05) is 20.8 Å². The van der Waals surface area contributed by atoms with Crippen LogP contribution in [0.5, 0.6) is 0 Å². The normalized spacial score (nSPS) is 13.6. The fourth-order valence-electron chi connectivity index (χ4n) is 1.18.